The summed E-state index contributed by atoms with van der Waals surface area (Å²) in [4.78, 5) is 12.1. The fourth-order valence-electron chi connectivity index (χ4n) is 2.40. The zero-order chi connectivity index (χ0) is 12.5. The second-order valence-corrected chi connectivity index (χ2v) is 5.19. The van der Waals surface area contributed by atoms with E-state index in [1.165, 1.54) is 19.3 Å². The van der Waals surface area contributed by atoms with E-state index >= 15 is 0 Å². The first kappa shape index (κ1) is 12.0. The topological polar surface area (TPSA) is 83.8 Å². The van der Waals surface area contributed by atoms with E-state index in [2.05, 4.69) is 22.4 Å². The molecule has 1 fully saturated rings. The summed E-state index contributed by atoms with van der Waals surface area (Å²) in [6, 6.07) is 0. The highest BCUT2D eigenvalue weighted by Gasteiger charge is 2.30. The van der Waals surface area contributed by atoms with Crippen molar-refractivity contribution in [1.82, 2.24) is 15.5 Å². The van der Waals surface area contributed by atoms with Gasteiger partial charge in [-0.2, -0.15) is 5.10 Å². The Labute approximate surface area is 101 Å². The van der Waals surface area contributed by atoms with Gasteiger partial charge < -0.3 is 11.1 Å². The van der Waals surface area contributed by atoms with E-state index in [0.29, 0.717) is 11.4 Å². The molecule has 1 heterocycles. The molecule has 94 valence electrons. The minimum Gasteiger partial charge on any atom is -0.395 e. The molecule has 4 N–H and O–H groups in total. The molecular formula is C12H20N4O. The normalized spacial score (nSPS) is 18.9. The van der Waals surface area contributed by atoms with Gasteiger partial charge in [0.05, 0.1) is 11.4 Å². The molecule has 0 aromatic carbocycles. The summed E-state index contributed by atoms with van der Waals surface area (Å²) in [5.74, 6) is -0.170. The standard InChI is InChI=1S/C12H20N4O/c1-8-9(13)10(16-15-8)11(17)14-12(2)6-4-3-5-7-12/h3-7,13H2,1-2H3,(H,14,17)(H,15,16). The molecule has 1 aliphatic rings. The maximum atomic E-state index is 12.1. The van der Waals surface area contributed by atoms with Crippen molar-refractivity contribution in [3.63, 3.8) is 0 Å². The number of nitrogens with zero attached hydrogens (tertiary/aromatic N) is 1. The van der Waals surface area contributed by atoms with Gasteiger partial charge in [0, 0.05) is 5.54 Å². The molecule has 1 aliphatic carbocycles. The molecule has 0 saturated heterocycles. The molecule has 1 aromatic heterocycles. The predicted molar refractivity (Wildman–Crippen MR) is 66.7 cm³/mol. The molecule has 0 spiro atoms. The van der Waals surface area contributed by atoms with Crippen molar-refractivity contribution in [2.75, 3.05) is 5.73 Å². The molecule has 1 aromatic rings. The summed E-state index contributed by atoms with van der Waals surface area (Å²) in [7, 11) is 0. The number of nitrogen functional groups attached to an aromatic ring is 1. The van der Waals surface area contributed by atoms with Crippen LogP contribution >= 0.6 is 0 Å². The van der Waals surface area contributed by atoms with Gasteiger partial charge in [-0.15, -0.1) is 0 Å². The number of nitrogens with one attached hydrogen (secondary N) is 2. The molecule has 0 radical (unpaired) electrons. The number of carbonyl (C=O) groups is 1. The zero-order valence-electron chi connectivity index (χ0n) is 10.5. The first-order valence-electron chi connectivity index (χ1n) is 6.15. The minimum absolute atomic E-state index is 0.103. The van der Waals surface area contributed by atoms with Crippen LogP contribution in [0.1, 0.15) is 55.2 Å². The van der Waals surface area contributed by atoms with Crippen LogP contribution in [-0.2, 0) is 0 Å². The fraction of sp³-hybridized carbons (Fsp3) is 0.667. The Morgan fingerprint density at radius 3 is 2.59 bits per heavy atom. The molecule has 2 rings (SSSR count). The first-order chi connectivity index (χ1) is 8.02. The SMILES string of the molecule is Cc1[nH]nc(C(=O)NC2(C)CCCCC2)c1N. The third-order valence-electron chi connectivity index (χ3n) is 3.58. The molecule has 5 heteroatoms. The van der Waals surface area contributed by atoms with Crippen LogP contribution < -0.4 is 11.1 Å². The Bertz CT molecular complexity index is 418. The minimum atomic E-state index is -0.170. The molecule has 17 heavy (non-hydrogen) atoms. The Morgan fingerprint density at radius 2 is 2.06 bits per heavy atom. The quantitative estimate of drug-likeness (QED) is 0.731. The second kappa shape index (κ2) is 4.39. The van der Waals surface area contributed by atoms with Gasteiger partial charge in [0.1, 0.15) is 0 Å². The number of hydrogen-bond donors (Lipinski definition) is 3. The van der Waals surface area contributed by atoms with Crippen LogP contribution in [0.5, 0.6) is 0 Å². The average Bonchev–Trinajstić information content (AvgIpc) is 2.60. The van der Waals surface area contributed by atoms with Gasteiger partial charge in [-0.3, -0.25) is 9.89 Å². The van der Waals surface area contributed by atoms with Gasteiger partial charge in [0.2, 0.25) is 0 Å². The fourth-order valence-corrected chi connectivity index (χ4v) is 2.40. The highest BCUT2D eigenvalue weighted by atomic mass is 16.2. The van der Waals surface area contributed by atoms with Crippen LogP contribution in [0.4, 0.5) is 5.69 Å². The number of nitrogens with two attached hydrogens (primary N) is 1. The second-order valence-electron chi connectivity index (χ2n) is 5.19. The lowest BCUT2D eigenvalue weighted by Crippen LogP contribution is -2.47. The van der Waals surface area contributed by atoms with Gasteiger partial charge in [-0.25, -0.2) is 0 Å². The highest BCUT2D eigenvalue weighted by Crippen LogP contribution is 2.28. The van der Waals surface area contributed by atoms with E-state index in [0.717, 1.165) is 18.5 Å². The van der Waals surface area contributed by atoms with Crippen LogP contribution in [0.15, 0.2) is 0 Å². The maximum absolute atomic E-state index is 12.1. The predicted octanol–water partition coefficient (Wildman–Crippen LogP) is 1.75. The van der Waals surface area contributed by atoms with Gasteiger partial charge in [0.25, 0.3) is 5.91 Å². The Balaban J connectivity index is 2.08. The van der Waals surface area contributed by atoms with Crippen LogP contribution in [0.3, 0.4) is 0 Å². The summed E-state index contributed by atoms with van der Waals surface area (Å²) in [5, 5.41) is 9.75. The van der Waals surface area contributed by atoms with Crippen LogP contribution in [0.25, 0.3) is 0 Å². The number of H-pyrrole nitrogens is 1. The Kier molecular flexibility index (Phi) is 3.09. The summed E-state index contributed by atoms with van der Waals surface area (Å²) in [6.07, 6.45) is 5.66. The Morgan fingerprint density at radius 1 is 1.41 bits per heavy atom. The van der Waals surface area contributed by atoms with E-state index in [1.807, 2.05) is 0 Å². The maximum Gasteiger partial charge on any atom is 0.274 e. The first-order valence-corrected chi connectivity index (χ1v) is 6.15. The molecule has 0 bridgehead atoms. The van der Waals surface area contributed by atoms with E-state index < -0.39 is 0 Å². The number of amides is 1. The molecule has 0 atom stereocenters. The lowest BCUT2D eigenvalue weighted by atomic mass is 9.83. The highest BCUT2D eigenvalue weighted by molar-refractivity contribution is 5.98. The number of carbonyl (C=O) groups excluding carboxylic acids is 1. The van der Waals surface area contributed by atoms with Gasteiger partial charge >= 0.3 is 0 Å². The van der Waals surface area contributed by atoms with E-state index in [-0.39, 0.29) is 11.4 Å². The third kappa shape index (κ3) is 2.43. The van der Waals surface area contributed by atoms with Crippen molar-refractivity contribution in [2.45, 2.75) is 51.5 Å². The number of aryl methyl sites for hydroxylation is 1. The number of aromatic amines is 1. The van der Waals surface area contributed by atoms with Gasteiger partial charge in [-0.1, -0.05) is 19.3 Å². The van der Waals surface area contributed by atoms with Gasteiger partial charge in [-0.05, 0) is 26.7 Å². The molecule has 5 nitrogen and oxygen atoms in total. The molecule has 1 saturated carbocycles. The lowest BCUT2D eigenvalue weighted by Gasteiger charge is -2.34. The van der Waals surface area contributed by atoms with E-state index in [9.17, 15) is 4.79 Å². The summed E-state index contributed by atoms with van der Waals surface area (Å²) in [6.45, 7) is 3.90. The van der Waals surface area contributed by atoms with Crippen LogP contribution in [0, 0.1) is 6.92 Å². The van der Waals surface area contributed by atoms with Crippen molar-refractivity contribution in [1.29, 1.82) is 0 Å². The van der Waals surface area contributed by atoms with E-state index in [1.54, 1.807) is 6.92 Å². The van der Waals surface area contributed by atoms with Crippen molar-refractivity contribution < 1.29 is 4.79 Å². The molecule has 1 amide bonds. The largest absolute Gasteiger partial charge is 0.395 e. The van der Waals surface area contributed by atoms with Gasteiger partial charge in [0.15, 0.2) is 5.69 Å². The summed E-state index contributed by atoms with van der Waals surface area (Å²) < 4.78 is 0. The number of hydrogen-bond acceptors (Lipinski definition) is 3. The monoisotopic (exact) mass is 236 g/mol. The van der Waals surface area contributed by atoms with Crippen molar-refractivity contribution >= 4 is 11.6 Å². The van der Waals surface area contributed by atoms with Crippen molar-refractivity contribution in [3.8, 4) is 0 Å². The zero-order valence-corrected chi connectivity index (χ0v) is 10.5. The van der Waals surface area contributed by atoms with E-state index in [4.69, 9.17) is 5.73 Å². The molecule has 0 aliphatic heterocycles. The number of aromatic nitrogens is 2. The summed E-state index contributed by atoms with van der Waals surface area (Å²) >= 11 is 0. The smallest absolute Gasteiger partial charge is 0.274 e. The lowest BCUT2D eigenvalue weighted by molar-refractivity contribution is 0.0878. The molecule has 0 unspecified atom stereocenters. The third-order valence-corrected chi connectivity index (χ3v) is 3.58. The average molecular weight is 236 g/mol. The van der Waals surface area contributed by atoms with Crippen LogP contribution in [-0.4, -0.2) is 21.6 Å². The molecular weight excluding hydrogens is 216 g/mol. The van der Waals surface area contributed by atoms with Crippen molar-refractivity contribution in [2.24, 2.45) is 0 Å². The number of rotatable bonds is 2. The number of anilines is 1. The van der Waals surface area contributed by atoms with Crippen LogP contribution in [0.2, 0.25) is 0 Å². The Hall–Kier alpha value is -1.52. The summed E-state index contributed by atoms with van der Waals surface area (Å²) in [5.41, 5.74) is 7.19. The van der Waals surface area contributed by atoms with Crippen molar-refractivity contribution in [3.05, 3.63) is 11.4 Å².